The molecule has 0 saturated carbocycles. The molecule has 1 saturated heterocycles. The number of nitrogens with zero attached hydrogens (tertiary/aromatic N) is 2. The van der Waals surface area contributed by atoms with E-state index < -0.39 is 36.0 Å². The van der Waals surface area contributed by atoms with Crippen molar-refractivity contribution in [1.29, 1.82) is 0 Å². The number of carbonyl (C=O) groups is 2. The summed E-state index contributed by atoms with van der Waals surface area (Å²) >= 11 is 1.22. The number of amides is 2. The van der Waals surface area contributed by atoms with Crippen LogP contribution in [0, 0.1) is 0 Å². The minimum absolute atomic E-state index is 0.0399. The number of nitrogens with one attached hydrogen (secondary N) is 3. The number of benzene rings is 4. The van der Waals surface area contributed by atoms with Crippen LogP contribution < -0.4 is 16.0 Å². The van der Waals surface area contributed by atoms with E-state index in [1.54, 1.807) is 24.3 Å². The molecular formula is C40H40F3N5O4S. The van der Waals surface area contributed by atoms with E-state index in [4.69, 9.17) is 9.47 Å². The summed E-state index contributed by atoms with van der Waals surface area (Å²) in [6, 6.07) is 32.2. The largest absolute Gasteiger partial charge is 0.453 e. The Balaban J connectivity index is 1.15. The summed E-state index contributed by atoms with van der Waals surface area (Å²) in [5.41, 5.74) is 3.42. The lowest BCUT2D eigenvalue weighted by Crippen LogP contribution is -2.52. The standard InChI is InChI=1S/C40H40F3N5O4S/c1-25-33(24-53-37-30-18-10-12-20-32(30)46-38(48-37)40(41,42)43)52-29(23-44-25)22-21-26-13-9-11-19-31(26)45-36(49)35(47-39(50)51-2)34(27-14-5-3-6-15-27)28-16-7-4-8-17-28/h3-20,25,29,33-35,44H,21-24H2,1-2H3,(H,45,49)(H,47,50)/t25-,29-,33-,35?/m1/s1. The Bertz CT molecular complexity index is 1960. The van der Waals surface area contributed by atoms with Gasteiger partial charge in [0.25, 0.3) is 0 Å². The van der Waals surface area contributed by atoms with Gasteiger partial charge in [-0.3, -0.25) is 4.79 Å². The Kier molecular flexibility index (Phi) is 12.3. The van der Waals surface area contributed by atoms with Gasteiger partial charge in [-0.1, -0.05) is 97.1 Å². The molecule has 1 aromatic heterocycles. The molecule has 0 spiro atoms. The highest BCUT2D eigenvalue weighted by Crippen LogP contribution is 2.34. The number of alkyl carbamates (subject to hydrolysis) is 1. The van der Waals surface area contributed by atoms with Crippen LogP contribution in [0.5, 0.6) is 0 Å². The summed E-state index contributed by atoms with van der Waals surface area (Å²) in [5.74, 6) is -1.70. The normalized spacial score (nSPS) is 18.0. The third kappa shape index (κ3) is 9.53. The number of ether oxygens (including phenoxy) is 2. The van der Waals surface area contributed by atoms with Gasteiger partial charge in [-0.2, -0.15) is 13.2 Å². The second-order valence-electron chi connectivity index (χ2n) is 12.8. The van der Waals surface area contributed by atoms with Crippen LogP contribution in [0.3, 0.4) is 0 Å². The topological polar surface area (TPSA) is 114 Å². The number of morpholine rings is 1. The Morgan fingerprint density at radius 1 is 0.925 bits per heavy atom. The fourth-order valence-electron chi connectivity index (χ4n) is 6.43. The molecule has 2 amide bonds. The van der Waals surface area contributed by atoms with Crippen LogP contribution in [0.4, 0.5) is 23.7 Å². The van der Waals surface area contributed by atoms with E-state index in [-0.39, 0.29) is 28.8 Å². The Hall–Kier alpha value is -4.98. The van der Waals surface area contributed by atoms with Crippen molar-refractivity contribution in [3.63, 3.8) is 0 Å². The van der Waals surface area contributed by atoms with E-state index in [9.17, 15) is 22.8 Å². The minimum atomic E-state index is -4.67. The number of halogens is 3. The van der Waals surface area contributed by atoms with Crippen LogP contribution in [0.25, 0.3) is 10.9 Å². The van der Waals surface area contributed by atoms with Gasteiger partial charge in [-0.15, -0.1) is 11.8 Å². The van der Waals surface area contributed by atoms with E-state index in [1.165, 1.54) is 18.9 Å². The zero-order valence-electron chi connectivity index (χ0n) is 29.2. The number of methoxy groups -OCH3 is 1. The summed E-state index contributed by atoms with van der Waals surface area (Å²) < 4.78 is 52.2. The molecule has 4 aromatic carbocycles. The Morgan fingerprint density at radius 2 is 1.57 bits per heavy atom. The number of aromatic nitrogens is 2. The van der Waals surface area contributed by atoms with Gasteiger partial charge in [0.2, 0.25) is 11.7 Å². The number of rotatable bonds is 12. The Labute approximate surface area is 310 Å². The highest BCUT2D eigenvalue weighted by molar-refractivity contribution is 7.99. The average molecular weight is 744 g/mol. The van der Waals surface area contributed by atoms with Crippen molar-refractivity contribution < 1.29 is 32.2 Å². The van der Waals surface area contributed by atoms with Gasteiger partial charge in [-0.05, 0) is 48.6 Å². The second kappa shape index (κ2) is 17.2. The summed E-state index contributed by atoms with van der Waals surface area (Å²) in [6.07, 6.45) is -4.70. The fraction of sp³-hybridized carbons (Fsp3) is 0.300. The van der Waals surface area contributed by atoms with Crippen molar-refractivity contribution in [2.45, 2.75) is 61.2 Å². The van der Waals surface area contributed by atoms with Crippen LogP contribution in [-0.2, 0) is 26.9 Å². The van der Waals surface area contributed by atoms with Gasteiger partial charge in [-0.25, -0.2) is 14.8 Å². The molecule has 0 bridgehead atoms. The van der Waals surface area contributed by atoms with Crippen molar-refractivity contribution in [2.24, 2.45) is 0 Å². The fourth-order valence-corrected chi connectivity index (χ4v) is 7.60. The number of aryl methyl sites for hydroxylation is 1. The van der Waals surface area contributed by atoms with Gasteiger partial charge < -0.3 is 25.4 Å². The number of para-hydroxylation sites is 2. The van der Waals surface area contributed by atoms with Gasteiger partial charge in [0.1, 0.15) is 11.1 Å². The Morgan fingerprint density at radius 3 is 2.25 bits per heavy atom. The van der Waals surface area contributed by atoms with Crippen LogP contribution in [0.1, 0.15) is 41.8 Å². The number of fused-ring (bicyclic) bond motifs is 1. The first-order valence-electron chi connectivity index (χ1n) is 17.3. The average Bonchev–Trinajstić information content (AvgIpc) is 3.17. The van der Waals surface area contributed by atoms with Gasteiger partial charge >= 0.3 is 12.3 Å². The first-order chi connectivity index (χ1) is 25.6. The predicted molar refractivity (Wildman–Crippen MR) is 199 cm³/mol. The van der Waals surface area contributed by atoms with Gasteiger partial charge in [0, 0.05) is 35.3 Å². The molecule has 6 rings (SSSR count). The number of hydrogen-bond donors (Lipinski definition) is 3. The molecule has 13 heteroatoms. The zero-order valence-corrected chi connectivity index (χ0v) is 30.0. The van der Waals surface area contributed by atoms with Crippen molar-refractivity contribution in [2.75, 3.05) is 24.7 Å². The second-order valence-corrected chi connectivity index (χ2v) is 13.8. The molecule has 1 aliphatic heterocycles. The van der Waals surface area contributed by atoms with Crippen molar-refractivity contribution >= 4 is 40.4 Å². The SMILES string of the molecule is COC(=O)NC(C(=O)Nc1ccccc1CC[C@@H]1CN[C@H](C)[C@@H](CSc2nc(C(F)(F)F)nc3ccccc23)O1)C(c1ccccc1)c1ccccc1. The van der Waals surface area contributed by atoms with Crippen molar-refractivity contribution in [3.8, 4) is 0 Å². The lowest BCUT2D eigenvalue weighted by atomic mass is 9.84. The molecule has 1 aliphatic rings. The van der Waals surface area contributed by atoms with Gasteiger partial charge in [0.15, 0.2) is 0 Å². The number of anilines is 1. The molecule has 1 unspecified atom stereocenters. The maximum Gasteiger partial charge on any atom is 0.451 e. The van der Waals surface area contributed by atoms with E-state index in [0.717, 1.165) is 16.7 Å². The van der Waals surface area contributed by atoms with E-state index in [1.807, 2.05) is 91.9 Å². The van der Waals surface area contributed by atoms with Crippen molar-refractivity contribution in [3.05, 3.63) is 132 Å². The monoisotopic (exact) mass is 743 g/mol. The van der Waals surface area contributed by atoms with Gasteiger partial charge in [0.05, 0.1) is 24.8 Å². The van der Waals surface area contributed by atoms with E-state index >= 15 is 0 Å². The molecule has 0 radical (unpaired) electrons. The number of carbonyl (C=O) groups excluding carboxylic acids is 2. The van der Waals surface area contributed by atoms with E-state index in [0.29, 0.717) is 36.2 Å². The first-order valence-corrected chi connectivity index (χ1v) is 18.3. The molecule has 53 heavy (non-hydrogen) atoms. The molecule has 1 fully saturated rings. The first kappa shape index (κ1) is 37.8. The van der Waals surface area contributed by atoms with Crippen LogP contribution in [0.2, 0.25) is 0 Å². The number of thioether (sulfide) groups is 1. The third-order valence-corrected chi connectivity index (χ3v) is 10.3. The third-order valence-electron chi connectivity index (χ3n) is 9.20. The smallest absolute Gasteiger partial charge is 0.451 e. The zero-order chi connectivity index (χ0) is 37.4. The van der Waals surface area contributed by atoms with Crippen molar-refractivity contribution in [1.82, 2.24) is 20.6 Å². The number of alkyl halides is 3. The lowest BCUT2D eigenvalue weighted by molar-refractivity contribution is -0.145. The molecule has 3 N–H and O–H groups in total. The molecule has 276 valence electrons. The quantitative estimate of drug-likeness (QED) is 0.0884. The minimum Gasteiger partial charge on any atom is -0.453 e. The van der Waals surface area contributed by atoms with Crippen LogP contribution >= 0.6 is 11.8 Å². The highest BCUT2D eigenvalue weighted by atomic mass is 32.2. The molecule has 4 atom stereocenters. The molecular weight excluding hydrogens is 704 g/mol. The predicted octanol–water partition coefficient (Wildman–Crippen LogP) is 7.61. The van der Waals surface area contributed by atoms with Crippen LogP contribution in [-0.4, -0.2) is 65.7 Å². The summed E-state index contributed by atoms with van der Waals surface area (Å²) in [7, 11) is 1.26. The summed E-state index contributed by atoms with van der Waals surface area (Å²) in [5, 5.41) is 10.1. The molecule has 9 nitrogen and oxygen atoms in total. The maximum absolute atomic E-state index is 14.1. The molecule has 2 heterocycles. The maximum atomic E-state index is 14.1. The van der Waals surface area contributed by atoms with Crippen LogP contribution in [0.15, 0.2) is 114 Å². The highest BCUT2D eigenvalue weighted by Gasteiger charge is 2.36. The van der Waals surface area contributed by atoms with E-state index in [2.05, 4.69) is 25.9 Å². The molecule has 5 aromatic rings. The summed E-state index contributed by atoms with van der Waals surface area (Å²) in [4.78, 5) is 34.3. The molecule has 0 aliphatic carbocycles. The summed E-state index contributed by atoms with van der Waals surface area (Å²) in [6.45, 7) is 2.58. The number of hydrogen-bond acceptors (Lipinski definition) is 8. The lowest BCUT2D eigenvalue weighted by Gasteiger charge is -2.36.